The van der Waals surface area contributed by atoms with Crippen molar-refractivity contribution >= 4 is 165 Å². The maximum absolute atomic E-state index is 13.7. The van der Waals surface area contributed by atoms with Crippen molar-refractivity contribution in [3.05, 3.63) is 131 Å². The van der Waals surface area contributed by atoms with Crippen LogP contribution in [0.1, 0.15) is 185 Å². The fourth-order valence-electron chi connectivity index (χ4n) is 21.0. The van der Waals surface area contributed by atoms with E-state index in [-0.39, 0.29) is 83.9 Å². The van der Waals surface area contributed by atoms with Crippen LogP contribution in [0, 0.1) is 58.0 Å². The molecule has 10 aliphatic carbocycles. The minimum absolute atomic E-state index is 0.0372. The summed E-state index contributed by atoms with van der Waals surface area (Å²) >= 11 is 0. The summed E-state index contributed by atoms with van der Waals surface area (Å²) in [5, 5.41) is 16.5. The molecule has 15 aliphatic rings. The molecular weight excluding hydrogens is 1620 g/mol. The molecule has 26 nitrogen and oxygen atoms in total. The summed E-state index contributed by atoms with van der Waals surface area (Å²) in [6, 6.07) is 27.3. The molecule has 4 aromatic carbocycles. The molecule has 21 radical (unpaired) electrons. The fraction of sp³-hybridized carbons (Fsp3) is 0.627. The Morgan fingerprint density at radius 1 is 0.523 bits per heavy atom. The van der Waals surface area contributed by atoms with Crippen LogP contribution in [0.4, 0.5) is 8.78 Å². The molecule has 15 fully saturated rings. The lowest BCUT2D eigenvalue weighted by atomic mass is 8.64. The van der Waals surface area contributed by atoms with Gasteiger partial charge in [-0.1, -0.05) is 24.3 Å². The first-order valence-corrected chi connectivity index (χ1v) is 45.3. The first-order valence-electron chi connectivity index (χ1n) is 45.3. The molecule has 45 heteroatoms. The molecule has 8 bridgehead atoms. The Morgan fingerprint density at radius 3 is 1.25 bits per heavy atom. The van der Waals surface area contributed by atoms with Crippen molar-refractivity contribution in [1.82, 2.24) is 30.8 Å². The van der Waals surface area contributed by atoms with Gasteiger partial charge in [0.15, 0.2) is 0 Å². The van der Waals surface area contributed by atoms with Crippen LogP contribution in [0.2, 0.25) is 0 Å². The number of benzene rings is 4. The molecule has 5 heterocycles. The molecule has 10 saturated carbocycles. The van der Waals surface area contributed by atoms with Crippen LogP contribution >= 0.6 is 0 Å². The molecule has 5 amide bonds. The number of imide groups is 1. The van der Waals surface area contributed by atoms with Crippen LogP contribution in [-0.2, 0) is 67.3 Å². The molecule has 128 heavy (non-hydrogen) atoms. The molecule has 4 aromatic rings. The third-order valence-corrected chi connectivity index (χ3v) is 27.7. The number of hydrogen-bond acceptors (Lipinski definition) is 21. The van der Waals surface area contributed by atoms with E-state index in [1.807, 2.05) is 0 Å². The highest BCUT2D eigenvalue weighted by Crippen LogP contribution is 2.70. The Labute approximate surface area is 767 Å². The summed E-state index contributed by atoms with van der Waals surface area (Å²) in [6.45, 7) is 12.3. The van der Waals surface area contributed by atoms with Crippen LogP contribution in [0.5, 0.6) is 11.5 Å². The lowest BCUT2D eigenvalue weighted by Gasteiger charge is -2.61. The van der Waals surface area contributed by atoms with Gasteiger partial charge in [-0.2, -0.15) is 19.6 Å². The van der Waals surface area contributed by atoms with Gasteiger partial charge in [-0.3, -0.25) is 38.6 Å². The monoisotopic (exact) mass is 1730 g/mol. The SMILES string of the molecule is NCCCNC(=O)C12CC3CC(C1)C1(OOC4(CCC(c5ccc(OCCN6CCOCC6)cc5)CC4)O1)C(C3)C2.O=C(NCCCNC(=O)C12CC3CC(C1)C1(OOC4(CCC(c5ccc(OCCN6CCOCC6)cc5)CC4)O1)C(C3)C2)c1ccc(F)cc1.O=C(ON1C(=O)CCC1=O)c1ccc(F)cc1.O=CO.[B]B([B])B([B])B([B])[B].[B][B]B(B([B])[B])B([B])[B]. The van der Waals surface area contributed by atoms with Crippen molar-refractivity contribution in [2.45, 2.75) is 176 Å². The van der Waals surface area contributed by atoms with Gasteiger partial charge in [0.05, 0.1) is 42.8 Å². The van der Waals surface area contributed by atoms with E-state index in [2.05, 4.69) is 79.1 Å². The first kappa shape index (κ1) is 100. The molecule has 653 valence electrons. The fourth-order valence-corrected chi connectivity index (χ4v) is 21.0. The molecule has 4 spiro atoms. The van der Waals surface area contributed by atoms with Gasteiger partial charge in [0.25, 0.3) is 24.2 Å². The zero-order valence-electron chi connectivity index (χ0n) is 73.1. The zero-order valence-corrected chi connectivity index (χ0v) is 73.1. The molecule has 6 N–H and O–H groups in total. The average Bonchev–Trinajstić information content (AvgIpc) is 1.43. The largest absolute Gasteiger partial charge is 0.492 e. The van der Waals surface area contributed by atoms with Gasteiger partial charge in [-0.25, -0.2) is 13.6 Å². The summed E-state index contributed by atoms with van der Waals surface area (Å²) in [4.78, 5) is 116. The number of hydroxylamine groups is 2. The summed E-state index contributed by atoms with van der Waals surface area (Å²) in [5.41, 5.74) is 8.12. The lowest BCUT2D eigenvalue weighted by Crippen LogP contribution is -2.65. The van der Waals surface area contributed by atoms with Crippen molar-refractivity contribution in [3.8, 4) is 11.5 Å². The van der Waals surface area contributed by atoms with Crippen molar-refractivity contribution in [2.24, 2.45) is 52.1 Å². The number of nitrogens with zero attached hydrogens (tertiary/aromatic N) is 3. The zero-order chi connectivity index (χ0) is 91.4. The van der Waals surface area contributed by atoms with Crippen molar-refractivity contribution in [3.63, 3.8) is 0 Å². The minimum atomic E-state index is -0.867. The van der Waals surface area contributed by atoms with E-state index in [1.54, 1.807) is 0 Å². The number of halogens is 2. The molecule has 19 rings (SSSR count). The summed E-state index contributed by atoms with van der Waals surface area (Å²) in [7, 11) is 53.2. The van der Waals surface area contributed by atoms with Crippen LogP contribution in [0.25, 0.3) is 0 Å². The number of carbonyl (C=O) groups is 7. The predicted molar refractivity (Wildman–Crippen MR) is 493 cm³/mol. The van der Waals surface area contributed by atoms with Crippen molar-refractivity contribution in [2.75, 3.05) is 105 Å². The van der Waals surface area contributed by atoms with Gasteiger partial charge < -0.3 is 60.0 Å². The molecular formula is C83H107B17F2N7O19. The maximum Gasteiger partial charge on any atom is 0.363 e. The van der Waals surface area contributed by atoms with Gasteiger partial charge in [-0.15, -0.1) is 5.06 Å². The van der Waals surface area contributed by atoms with Crippen LogP contribution in [0.15, 0.2) is 97.1 Å². The number of carbonyl (C=O) groups excluding carboxylic acids is 6. The van der Waals surface area contributed by atoms with Gasteiger partial charge in [-0.05, 0) is 217 Å². The van der Waals surface area contributed by atoms with Crippen LogP contribution < -0.4 is 31.2 Å². The van der Waals surface area contributed by atoms with Gasteiger partial charge in [0, 0.05) is 249 Å². The van der Waals surface area contributed by atoms with Crippen molar-refractivity contribution in [1.29, 1.82) is 0 Å². The maximum atomic E-state index is 13.7. The molecule has 5 saturated heterocycles. The van der Waals surface area contributed by atoms with E-state index in [1.165, 1.54) is 54.6 Å². The number of morpholine rings is 2. The van der Waals surface area contributed by atoms with Gasteiger partial charge >= 0.3 is 5.97 Å². The van der Waals surface area contributed by atoms with Crippen LogP contribution in [0.3, 0.4) is 0 Å². The van der Waals surface area contributed by atoms with Gasteiger partial charge in [0.1, 0.15) is 36.3 Å². The van der Waals surface area contributed by atoms with E-state index in [0.29, 0.717) is 80.1 Å². The topological polar surface area (TPSA) is 313 Å². The Morgan fingerprint density at radius 2 is 0.898 bits per heavy atom. The first-order chi connectivity index (χ1) is 61.5. The smallest absolute Gasteiger partial charge is 0.363 e. The normalized spacial score (nSPS) is 29.5. The van der Waals surface area contributed by atoms with Crippen molar-refractivity contribution < 1.29 is 100 Å². The second kappa shape index (κ2) is 46.4. The minimum Gasteiger partial charge on any atom is -0.492 e. The highest BCUT2D eigenvalue weighted by molar-refractivity contribution is 7.94. The number of nitrogens with one attached hydrogen (secondary N) is 3. The van der Waals surface area contributed by atoms with E-state index in [4.69, 9.17) is 141 Å². The molecule has 5 aliphatic heterocycles. The molecule has 4 unspecified atom stereocenters. The third kappa shape index (κ3) is 25.3. The second-order valence-corrected chi connectivity index (χ2v) is 36.3. The average molecular weight is 1730 g/mol. The Balaban J connectivity index is 0.000000168. The van der Waals surface area contributed by atoms with E-state index in [0.717, 1.165) is 211 Å². The Kier molecular flexibility index (Phi) is 36.5. The number of rotatable bonds is 27. The standard InChI is InChI=1S/C39H50FN3O7.C32H47N3O6.C11H8FNO4.CH2O2.B9.B8/c40-33-6-2-30(3-7-33)35(44)41-14-1-15-42-36(45)37-24-27-22-31(25-37)39(32(23-27)26-37)48-38(49-50-39)12-10-29(11-13-38)28-4-8-34(9-5-28)47-21-18-43-16-19-46-20-17-43;33-10-1-11-34-29(36)30-20-23-18-26(21-30)32(27(19-23)22-30)39-31(40-41-32)8-6-25(7-9-31)24-2-4-28(5-3-24)38-17-14-35-12-15-37-16-13-35;12-8-3-1-7(2-4-8)11(16)17-13-9(14)5-6-10(13)15;2-1-3;1-6-9(7(2)3)8(4)5;1-6(2)8(5)7(3)4/h2-9,27,29,31-32H,1,10-26H2,(H,41,44)(H,42,45);2-5,23,25-27H,1,6-22,33H2,(H,34,36);1-4H,5-6H2;1H,(H,2,3);;. The third-order valence-electron chi connectivity index (χ3n) is 27.7. The lowest BCUT2D eigenvalue weighted by molar-refractivity contribution is -0.393. The van der Waals surface area contributed by atoms with E-state index in [9.17, 15) is 37.5 Å². The van der Waals surface area contributed by atoms with Gasteiger partial charge in [0.2, 0.25) is 35.0 Å². The highest BCUT2D eigenvalue weighted by Gasteiger charge is 2.73. The van der Waals surface area contributed by atoms with Crippen LogP contribution in [-0.4, -0.2) is 313 Å². The number of nitrogens with two attached hydrogens (primary N) is 1. The molecule has 4 atom stereocenters. The van der Waals surface area contributed by atoms with E-state index >= 15 is 0 Å². The number of hydrogen-bond donors (Lipinski definition) is 5. The summed E-state index contributed by atoms with van der Waals surface area (Å²) in [6.07, 6.45) is 14.6. The number of carboxylic acid groups (broad SMARTS) is 1. The number of ether oxygens (including phenoxy) is 6. The Bertz CT molecular complexity index is 4210. The quantitative estimate of drug-likeness (QED) is 0.0188. The number of amides is 5. The summed E-state index contributed by atoms with van der Waals surface area (Å²) in [5.74, 6) is -1.10. The highest BCUT2D eigenvalue weighted by atomic mass is 19.1. The van der Waals surface area contributed by atoms with E-state index < -0.39 is 84.1 Å². The molecule has 0 aromatic heterocycles. The predicted octanol–water partition coefficient (Wildman–Crippen LogP) is 3.32. The summed E-state index contributed by atoms with van der Waals surface area (Å²) < 4.78 is 62.6. The Hall–Kier alpha value is -6.51. The second-order valence-electron chi connectivity index (χ2n) is 36.3.